The van der Waals surface area contributed by atoms with E-state index in [0.29, 0.717) is 26.0 Å². The van der Waals surface area contributed by atoms with Gasteiger partial charge in [0.05, 0.1) is 19.7 Å². The maximum absolute atomic E-state index is 12.0. The number of carbonyl (C=O) groups is 1. The minimum Gasteiger partial charge on any atom is -0.466 e. The van der Waals surface area contributed by atoms with Crippen molar-refractivity contribution in [3.05, 3.63) is 77.8 Å². The number of esters is 1. The molecule has 1 aliphatic rings. The van der Waals surface area contributed by atoms with E-state index in [0.717, 1.165) is 34.7 Å². The number of ether oxygens (including phenoxy) is 1. The highest BCUT2D eigenvalue weighted by molar-refractivity contribution is 5.82. The summed E-state index contributed by atoms with van der Waals surface area (Å²) in [6.07, 6.45) is 7.50. The molecule has 0 radical (unpaired) electrons. The van der Waals surface area contributed by atoms with Crippen LogP contribution in [0.1, 0.15) is 51.9 Å². The summed E-state index contributed by atoms with van der Waals surface area (Å²) in [5.41, 5.74) is 7.13. The lowest BCUT2D eigenvalue weighted by atomic mass is 9.84. The fraction of sp³-hybridized carbons (Fsp3) is 0.355. The lowest BCUT2D eigenvalue weighted by molar-refractivity contribution is -0.676. The number of likely N-dealkylation sites (N-methyl/N-ethyl adjacent to an activating group) is 1. The minimum absolute atomic E-state index is 0.0937. The number of aromatic nitrogens is 4. The van der Waals surface area contributed by atoms with Crippen LogP contribution in [0.25, 0.3) is 28.4 Å². The van der Waals surface area contributed by atoms with Crippen molar-refractivity contribution in [1.29, 1.82) is 0 Å². The first kappa shape index (κ1) is 25.6. The third-order valence-corrected chi connectivity index (χ3v) is 7.42. The number of anilines is 1. The van der Waals surface area contributed by atoms with E-state index in [1.54, 1.807) is 0 Å². The molecule has 0 bridgehead atoms. The number of hydrogen-bond acceptors (Lipinski definition) is 5. The van der Waals surface area contributed by atoms with Gasteiger partial charge in [-0.05, 0) is 50.1 Å². The van der Waals surface area contributed by atoms with E-state index >= 15 is 0 Å². The highest BCUT2D eigenvalue weighted by Crippen LogP contribution is 2.46. The molecule has 2 aromatic heterocycles. The summed E-state index contributed by atoms with van der Waals surface area (Å²) in [6.45, 7) is 10.3. The molecule has 0 saturated carbocycles. The number of aryl methyl sites for hydroxylation is 2. The van der Waals surface area contributed by atoms with Crippen molar-refractivity contribution in [3.63, 3.8) is 0 Å². The number of rotatable bonds is 8. The van der Waals surface area contributed by atoms with Gasteiger partial charge in [0.2, 0.25) is 5.82 Å². The van der Waals surface area contributed by atoms with Gasteiger partial charge >= 0.3 is 11.6 Å². The van der Waals surface area contributed by atoms with E-state index in [-0.39, 0.29) is 11.4 Å². The van der Waals surface area contributed by atoms with Crippen molar-refractivity contribution < 1.29 is 14.1 Å². The summed E-state index contributed by atoms with van der Waals surface area (Å²) in [6, 6.07) is 16.5. The van der Waals surface area contributed by atoms with Gasteiger partial charge in [-0.2, -0.15) is 0 Å². The third kappa shape index (κ3) is 4.46. The van der Waals surface area contributed by atoms with Gasteiger partial charge in [0.25, 0.3) is 5.65 Å². The molecule has 7 heteroatoms. The number of para-hydroxylation sites is 3. The molecule has 1 aliphatic heterocycles. The Kier molecular flexibility index (Phi) is 7.02. The lowest BCUT2D eigenvalue weighted by Gasteiger charge is -2.23. The Labute approximate surface area is 224 Å². The van der Waals surface area contributed by atoms with Crippen LogP contribution >= 0.6 is 0 Å². The van der Waals surface area contributed by atoms with E-state index in [1.165, 1.54) is 16.9 Å². The number of imidazole rings is 1. The second-order valence-electron chi connectivity index (χ2n) is 10.1. The van der Waals surface area contributed by atoms with Crippen LogP contribution in [0.4, 0.5) is 5.69 Å². The topological polar surface area (TPSA) is 64.1 Å². The number of hydrogen-bond donors (Lipinski definition) is 0. The highest BCUT2D eigenvalue weighted by Gasteiger charge is 2.37. The molecule has 0 fully saturated rings. The Bertz CT molecular complexity index is 1560. The van der Waals surface area contributed by atoms with Crippen LogP contribution in [0.3, 0.4) is 0 Å². The third-order valence-electron chi connectivity index (χ3n) is 7.42. The minimum atomic E-state index is -0.170. The molecule has 7 nitrogen and oxygen atoms in total. The van der Waals surface area contributed by atoms with Crippen LogP contribution in [0.2, 0.25) is 0 Å². The number of fused-ring (bicyclic) bond motifs is 3. The Morgan fingerprint density at radius 1 is 1.05 bits per heavy atom. The van der Waals surface area contributed by atoms with Crippen LogP contribution in [-0.4, -0.2) is 34.2 Å². The van der Waals surface area contributed by atoms with Crippen LogP contribution in [0.5, 0.6) is 0 Å². The Balaban J connectivity index is 1.57. The van der Waals surface area contributed by atoms with Crippen LogP contribution < -0.4 is 9.47 Å². The molecule has 0 saturated heterocycles. The molecule has 0 unspecified atom stereocenters. The van der Waals surface area contributed by atoms with E-state index < -0.39 is 0 Å². The number of allylic oxidation sites excluding steroid dienone is 3. The Hall–Kier alpha value is -4.00. The summed E-state index contributed by atoms with van der Waals surface area (Å²) < 4.78 is 9.54. The van der Waals surface area contributed by atoms with Crippen molar-refractivity contribution in [2.75, 3.05) is 18.6 Å². The average Bonchev–Trinajstić information content (AvgIpc) is 3.30. The average molecular weight is 511 g/mol. The van der Waals surface area contributed by atoms with E-state index in [9.17, 15) is 4.79 Å². The molecule has 0 aliphatic carbocycles. The molecule has 0 atom stereocenters. The standard InChI is InChI=1S/C31H36N5O2/c1-6-35-27(19-12-18-26-31(3,4)22-14-8-11-17-25(22)34(26)5)36(21-13-20-28(37)38-7-2)30-29(35)32-23-15-9-10-16-24(23)33-30/h8-12,14-19H,6-7,13,20-21H2,1-5H3/q+1. The molecule has 38 heavy (non-hydrogen) atoms. The zero-order valence-electron chi connectivity index (χ0n) is 22.9. The first-order chi connectivity index (χ1) is 18.4. The van der Waals surface area contributed by atoms with Crippen molar-refractivity contribution in [1.82, 2.24) is 14.5 Å². The second kappa shape index (κ2) is 10.4. The van der Waals surface area contributed by atoms with Gasteiger partial charge in [0, 0.05) is 36.3 Å². The first-order valence-electron chi connectivity index (χ1n) is 13.4. The summed E-state index contributed by atoms with van der Waals surface area (Å²) in [7, 11) is 2.13. The van der Waals surface area contributed by atoms with Crippen LogP contribution in [0, 0.1) is 0 Å². The molecular weight excluding hydrogens is 474 g/mol. The maximum Gasteiger partial charge on any atom is 0.323 e. The largest absolute Gasteiger partial charge is 0.466 e. The molecular formula is C31H36N5O2+. The smallest absolute Gasteiger partial charge is 0.323 e. The fourth-order valence-corrected chi connectivity index (χ4v) is 5.56. The molecule has 0 N–H and O–H groups in total. The number of benzene rings is 2. The summed E-state index contributed by atoms with van der Waals surface area (Å²) >= 11 is 0. The molecule has 2 aromatic carbocycles. The van der Waals surface area contributed by atoms with Gasteiger partial charge in [-0.3, -0.25) is 4.79 Å². The molecule has 0 amide bonds. The Morgan fingerprint density at radius 3 is 2.47 bits per heavy atom. The Morgan fingerprint density at radius 2 is 1.76 bits per heavy atom. The molecule has 0 spiro atoms. The molecule has 4 aromatic rings. The van der Waals surface area contributed by atoms with Crippen molar-refractivity contribution in [2.24, 2.45) is 0 Å². The summed E-state index contributed by atoms with van der Waals surface area (Å²) in [5, 5.41) is 0. The highest BCUT2D eigenvalue weighted by atomic mass is 16.5. The summed E-state index contributed by atoms with van der Waals surface area (Å²) in [5.74, 6) is 0.839. The van der Waals surface area contributed by atoms with Crippen molar-refractivity contribution in [3.8, 4) is 0 Å². The SMILES string of the molecule is CCOC(=O)CCC[n+]1c(/C=C/C=C2/N(C)c3ccccc3C2(C)C)n(CC)c2nc3ccccc3nc21. The monoisotopic (exact) mass is 510 g/mol. The second-order valence-corrected chi connectivity index (χ2v) is 10.1. The van der Waals surface area contributed by atoms with Crippen LogP contribution in [-0.2, 0) is 28.0 Å². The van der Waals surface area contributed by atoms with E-state index in [4.69, 9.17) is 14.7 Å². The molecule has 5 rings (SSSR count). The number of nitrogens with zero attached hydrogens (tertiary/aromatic N) is 5. The predicted octanol–water partition coefficient (Wildman–Crippen LogP) is 5.56. The quantitative estimate of drug-likeness (QED) is 0.229. The maximum atomic E-state index is 12.0. The van der Waals surface area contributed by atoms with Crippen LogP contribution in [0.15, 0.2) is 66.4 Å². The van der Waals surface area contributed by atoms with E-state index in [2.05, 4.69) is 84.3 Å². The first-order valence-corrected chi connectivity index (χ1v) is 13.4. The van der Waals surface area contributed by atoms with Gasteiger partial charge in [0.15, 0.2) is 5.52 Å². The molecule has 196 valence electrons. The zero-order valence-corrected chi connectivity index (χ0v) is 22.9. The van der Waals surface area contributed by atoms with E-state index in [1.807, 2.05) is 31.2 Å². The molecule has 3 heterocycles. The van der Waals surface area contributed by atoms with Gasteiger partial charge in [-0.25, -0.2) is 14.1 Å². The van der Waals surface area contributed by atoms with Crippen molar-refractivity contribution in [2.45, 2.75) is 59.0 Å². The van der Waals surface area contributed by atoms with Gasteiger partial charge in [0.1, 0.15) is 5.52 Å². The summed E-state index contributed by atoms with van der Waals surface area (Å²) in [4.78, 5) is 24.3. The van der Waals surface area contributed by atoms with Gasteiger partial charge in [-0.1, -0.05) is 55.2 Å². The van der Waals surface area contributed by atoms with Crippen molar-refractivity contribution >= 4 is 40.1 Å². The zero-order chi connectivity index (χ0) is 26.9. The number of carbonyl (C=O) groups excluding carboxylic acids is 1. The van der Waals surface area contributed by atoms with Gasteiger partial charge in [-0.15, -0.1) is 0 Å². The fourth-order valence-electron chi connectivity index (χ4n) is 5.56. The van der Waals surface area contributed by atoms with Gasteiger partial charge < -0.3 is 9.64 Å². The predicted molar refractivity (Wildman–Crippen MR) is 152 cm³/mol. The normalized spacial score (nSPS) is 15.7. The lowest BCUT2D eigenvalue weighted by Crippen LogP contribution is -2.37.